The highest BCUT2D eigenvalue weighted by Gasteiger charge is 2.93. The van der Waals surface area contributed by atoms with Gasteiger partial charge in [-0.1, -0.05) is 0 Å². The molecule has 21 heteroatoms. The molecule has 1 atom stereocenters. The van der Waals surface area contributed by atoms with E-state index in [0.29, 0.717) is 0 Å². The Morgan fingerprint density at radius 2 is 1.16 bits per heavy atom. The number of nitrogens with one attached hydrogen (secondary N) is 1. The lowest BCUT2D eigenvalue weighted by atomic mass is 9.91. The van der Waals surface area contributed by atoms with Gasteiger partial charge in [0, 0.05) is 6.42 Å². The Bertz CT molecular complexity index is 1110. The highest BCUT2D eigenvalue weighted by Crippen LogP contribution is 2.61. The fourth-order valence-corrected chi connectivity index (χ4v) is 3.81. The minimum Gasteiger partial charge on any atom is -0.504 e. The number of phenolic OH excluding ortho intramolecular Hbond substituents is 3. The summed E-state index contributed by atoms with van der Waals surface area (Å²) in [5.41, 5.74) is -1.36. The highest BCUT2D eigenvalue weighted by atomic mass is 16.9. The second-order valence-corrected chi connectivity index (χ2v) is 8.26. The molecule has 0 aromatic heterocycles. The van der Waals surface area contributed by atoms with Gasteiger partial charge in [0.15, 0.2) is 11.5 Å². The fourth-order valence-electron chi connectivity index (χ4n) is 3.81. The molecule has 3 rings (SSSR count). The molecule has 0 radical (unpaired) electrons. The number of hydrogen-bond donors (Lipinski definition) is 18. The molecule has 1 saturated carbocycles. The third-order valence-electron chi connectivity index (χ3n) is 5.81. The van der Waals surface area contributed by atoms with Gasteiger partial charge >= 0.3 is 11.9 Å². The molecule has 1 aliphatic carbocycles. The average molecular weight is 547 g/mol. The van der Waals surface area contributed by atoms with Crippen molar-refractivity contribution in [3.05, 3.63) is 5.56 Å². The first kappa shape index (κ1) is 28.7. The number of benzene rings is 1. The topological polar surface area (TPSA) is 391 Å². The van der Waals surface area contributed by atoms with Crippen molar-refractivity contribution in [1.82, 2.24) is 5.32 Å². The third-order valence-corrected chi connectivity index (χ3v) is 5.81. The molecule has 21 nitrogen and oxygen atoms in total. The van der Waals surface area contributed by atoms with Gasteiger partial charge in [-0.25, -0.2) is 0 Å². The number of carbonyl (C=O) groups is 1. The summed E-state index contributed by atoms with van der Waals surface area (Å²) in [6.07, 6.45) is -5.40. The molecule has 2 fully saturated rings. The smallest absolute Gasteiger partial charge is 0.453 e. The first-order valence-corrected chi connectivity index (χ1v) is 9.41. The molecule has 2 aliphatic rings. The van der Waals surface area contributed by atoms with Gasteiger partial charge in [-0.05, 0) is 0 Å². The molecule has 0 spiro atoms. The summed E-state index contributed by atoms with van der Waals surface area (Å²) >= 11 is 0. The number of ether oxygens (including phenoxy) is 2. The second-order valence-electron chi connectivity index (χ2n) is 8.26. The third kappa shape index (κ3) is 3.55. The molecule has 1 heterocycles. The van der Waals surface area contributed by atoms with Crippen LogP contribution in [0.5, 0.6) is 28.7 Å². The van der Waals surface area contributed by atoms with Crippen LogP contribution in [-0.2, 0) is 4.79 Å². The van der Waals surface area contributed by atoms with Crippen LogP contribution in [0.1, 0.15) is 17.9 Å². The van der Waals surface area contributed by atoms with Crippen molar-refractivity contribution in [3.8, 4) is 28.7 Å². The van der Waals surface area contributed by atoms with E-state index in [2.05, 4.69) is 9.47 Å². The average Bonchev–Trinajstić information content (AvgIpc) is 3.00. The molecular formula is C16H21NO20. The molecule has 1 aromatic rings. The minimum absolute atomic E-state index is 1.01. The molecule has 1 unspecified atom stereocenters. The predicted octanol–water partition coefficient (Wildman–Crippen LogP) is -9.18. The van der Waals surface area contributed by atoms with E-state index in [0.717, 1.165) is 0 Å². The Labute approximate surface area is 201 Å². The van der Waals surface area contributed by atoms with Crippen molar-refractivity contribution in [2.75, 3.05) is 0 Å². The summed E-state index contributed by atoms with van der Waals surface area (Å²) in [4.78, 5) is 11.6. The molecular weight excluding hydrogens is 526 g/mol. The number of aliphatic hydroxyl groups is 14. The van der Waals surface area contributed by atoms with Crippen LogP contribution in [0.3, 0.4) is 0 Å². The van der Waals surface area contributed by atoms with Crippen LogP contribution in [0.4, 0.5) is 0 Å². The maximum atomic E-state index is 11.6. The SMILES string of the molecule is O=C1CC(c2c(O)c(O)c(OC(O)(O)O)c(OC3(O)C(O)(O)C(O)(O)C(O)(O)C3(O)O)c2O)C(O)(O)N1. The second kappa shape index (κ2) is 7.59. The molecule has 210 valence electrons. The molecule has 1 amide bonds. The lowest BCUT2D eigenvalue weighted by Gasteiger charge is -2.39. The predicted molar refractivity (Wildman–Crippen MR) is 98.4 cm³/mol. The van der Waals surface area contributed by atoms with Crippen LogP contribution in [0, 0.1) is 0 Å². The van der Waals surface area contributed by atoms with Crippen molar-refractivity contribution in [2.45, 2.75) is 53.3 Å². The Balaban J connectivity index is 2.38. The molecule has 37 heavy (non-hydrogen) atoms. The molecule has 18 N–H and O–H groups in total. The van der Waals surface area contributed by atoms with Gasteiger partial charge in [0.2, 0.25) is 23.2 Å². The van der Waals surface area contributed by atoms with Crippen molar-refractivity contribution < 1.29 is 101 Å². The van der Waals surface area contributed by atoms with E-state index >= 15 is 0 Å². The number of carbonyl (C=O) groups excluding carboxylic acids is 1. The van der Waals surface area contributed by atoms with Gasteiger partial charge in [-0.15, -0.1) is 0 Å². The van der Waals surface area contributed by atoms with E-state index in [1.807, 2.05) is 0 Å². The maximum Gasteiger partial charge on any atom is 0.453 e. The Morgan fingerprint density at radius 3 is 1.54 bits per heavy atom. The summed E-state index contributed by atoms with van der Waals surface area (Å²) in [5, 5.41) is 170. The zero-order valence-electron chi connectivity index (χ0n) is 17.6. The summed E-state index contributed by atoms with van der Waals surface area (Å²) in [5.74, 6) is -41.1. The number of rotatable bonds is 5. The van der Waals surface area contributed by atoms with Crippen LogP contribution in [-0.4, -0.2) is 134 Å². The van der Waals surface area contributed by atoms with Crippen molar-refractivity contribution >= 4 is 5.91 Å². The molecule has 1 aliphatic heterocycles. The van der Waals surface area contributed by atoms with Crippen LogP contribution in [0.25, 0.3) is 0 Å². The number of hydrogen-bond acceptors (Lipinski definition) is 20. The van der Waals surface area contributed by atoms with Crippen molar-refractivity contribution in [1.29, 1.82) is 0 Å². The summed E-state index contributed by atoms with van der Waals surface area (Å²) in [6, 6.07) is 0. The zero-order chi connectivity index (χ0) is 28.9. The zero-order valence-corrected chi connectivity index (χ0v) is 17.6. The highest BCUT2D eigenvalue weighted by molar-refractivity contribution is 5.82. The fraction of sp³-hybridized carbons (Fsp3) is 0.562. The summed E-state index contributed by atoms with van der Waals surface area (Å²) in [7, 11) is 0. The van der Waals surface area contributed by atoms with Gasteiger partial charge in [-0.2, -0.15) is 0 Å². The van der Waals surface area contributed by atoms with Gasteiger partial charge < -0.3 is 102 Å². The van der Waals surface area contributed by atoms with Crippen LogP contribution >= 0.6 is 0 Å². The largest absolute Gasteiger partial charge is 0.504 e. The first-order valence-electron chi connectivity index (χ1n) is 9.41. The first-order chi connectivity index (χ1) is 16.3. The van der Waals surface area contributed by atoms with Crippen molar-refractivity contribution in [3.63, 3.8) is 0 Å². The van der Waals surface area contributed by atoms with Gasteiger partial charge in [-0.3, -0.25) is 4.79 Å². The van der Waals surface area contributed by atoms with E-state index in [-0.39, 0.29) is 0 Å². The van der Waals surface area contributed by atoms with Gasteiger partial charge in [0.05, 0.1) is 11.5 Å². The van der Waals surface area contributed by atoms with Crippen LogP contribution in [0.15, 0.2) is 0 Å². The maximum absolute atomic E-state index is 11.6. The Kier molecular flexibility index (Phi) is 5.89. The van der Waals surface area contributed by atoms with Crippen LogP contribution < -0.4 is 14.8 Å². The van der Waals surface area contributed by atoms with Crippen LogP contribution in [0.2, 0.25) is 0 Å². The Hall–Kier alpha value is -2.87. The standard InChI is InChI=1S/C16H21NO20/c18-3-1-2(10(22,23)17-3)4-5(19)7(21)9(37-16(33,34)35)8(6(4)20)36-15(32)13(28,29)11(24,25)12(26,27)14(15,30)31/h2,19-35H,1H2,(H,17,18). The van der Waals surface area contributed by atoms with E-state index in [4.69, 9.17) is 15.3 Å². The summed E-state index contributed by atoms with van der Waals surface area (Å²) < 4.78 is 8.36. The molecule has 1 saturated heterocycles. The van der Waals surface area contributed by atoms with Crippen molar-refractivity contribution in [2.24, 2.45) is 0 Å². The molecule has 1 aromatic carbocycles. The lowest BCUT2D eigenvalue weighted by Crippen LogP contribution is -2.70. The number of amides is 1. The number of phenols is 3. The normalized spacial score (nSPS) is 26.5. The summed E-state index contributed by atoms with van der Waals surface area (Å²) in [6.45, 7) is 0. The van der Waals surface area contributed by atoms with Gasteiger partial charge in [0.1, 0.15) is 0 Å². The van der Waals surface area contributed by atoms with E-state index in [1.165, 1.54) is 0 Å². The minimum atomic E-state index is -5.03. The van der Waals surface area contributed by atoms with E-state index in [1.54, 1.807) is 5.32 Å². The van der Waals surface area contributed by atoms with Gasteiger partial charge in [0.25, 0.3) is 29.1 Å². The number of aromatic hydroxyl groups is 3. The monoisotopic (exact) mass is 547 g/mol. The quantitative estimate of drug-likeness (QED) is 0.0923. The molecule has 0 bridgehead atoms. The Morgan fingerprint density at radius 1 is 0.703 bits per heavy atom. The van der Waals surface area contributed by atoms with E-state index < -0.39 is 93.6 Å². The lowest BCUT2D eigenvalue weighted by molar-refractivity contribution is -0.452. The van der Waals surface area contributed by atoms with E-state index in [9.17, 15) is 76.3 Å².